The molecule has 0 spiro atoms. The molecule has 1 aromatic heterocycles. The zero-order valence-electron chi connectivity index (χ0n) is 7.62. The Morgan fingerprint density at radius 3 is 3.00 bits per heavy atom. The minimum Gasteiger partial charge on any atom is -0.316 e. The summed E-state index contributed by atoms with van der Waals surface area (Å²) in [6.07, 6.45) is 3.72. The molecule has 0 atom stereocenters. The highest BCUT2D eigenvalue weighted by molar-refractivity contribution is 5.81. The molecule has 0 fully saturated rings. The van der Waals surface area contributed by atoms with Crippen LogP contribution in [0.5, 0.6) is 0 Å². The Kier molecular flexibility index (Phi) is 2.23. The van der Waals surface area contributed by atoms with E-state index in [-0.39, 0.29) is 0 Å². The largest absolute Gasteiger partial charge is 0.316 e. The molecule has 2 nitrogen and oxygen atoms in total. The van der Waals surface area contributed by atoms with Gasteiger partial charge in [-0.2, -0.15) is 0 Å². The Hall–Kier alpha value is -1.41. The predicted octanol–water partition coefficient (Wildman–Crippen LogP) is 1.95. The van der Waals surface area contributed by atoms with Crippen molar-refractivity contribution in [3.63, 3.8) is 0 Å². The third-order valence-electron chi connectivity index (χ3n) is 2.09. The maximum atomic E-state index is 4.09. The van der Waals surface area contributed by atoms with Gasteiger partial charge in [0.1, 0.15) is 0 Å². The van der Waals surface area contributed by atoms with E-state index in [1.165, 1.54) is 16.3 Å². The minimum absolute atomic E-state index is 0.908. The number of aromatic nitrogens is 1. The van der Waals surface area contributed by atoms with E-state index >= 15 is 0 Å². The molecule has 0 radical (unpaired) electrons. The van der Waals surface area contributed by atoms with Gasteiger partial charge in [-0.15, -0.1) is 0 Å². The lowest BCUT2D eigenvalue weighted by molar-refractivity contribution is 0.819. The highest BCUT2D eigenvalue weighted by atomic mass is 14.8. The Labute approximate surface area is 77.6 Å². The molecule has 0 aliphatic carbocycles. The molecule has 1 N–H and O–H groups in total. The number of rotatable bonds is 2. The maximum Gasteiger partial charge on any atom is 0.0346 e. The van der Waals surface area contributed by atoms with E-state index in [1.54, 1.807) is 0 Å². The summed E-state index contributed by atoms with van der Waals surface area (Å²) in [4.78, 5) is 4.09. The first-order valence-corrected chi connectivity index (χ1v) is 4.37. The number of benzene rings is 1. The first kappa shape index (κ1) is 8.20. The maximum absolute atomic E-state index is 4.09. The first-order valence-electron chi connectivity index (χ1n) is 4.37. The van der Waals surface area contributed by atoms with Gasteiger partial charge in [-0.3, -0.25) is 4.98 Å². The molecule has 0 bridgehead atoms. The zero-order valence-corrected chi connectivity index (χ0v) is 7.62. The number of hydrogen-bond donors (Lipinski definition) is 1. The average Bonchev–Trinajstić information content (AvgIpc) is 2.18. The van der Waals surface area contributed by atoms with Crippen molar-refractivity contribution in [1.82, 2.24) is 10.3 Å². The molecule has 0 unspecified atom stereocenters. The summed E-state index contributed by atoms with van der Waals surface area (Å²) in [6, 6.07) is 8.46. The van der Waals surface area contributed by atoms with Crippen molar-refractivity contribution in [3.8, 4) is 0 Å². The zero-order chi connectivity index (χ0) is 9.10. The Morgan fingerprint density at radius 1 is 1.23 bits per heavy atom. The smallest absolute Gasteiger partial charge is 0.0346 e. The van der Waals surface area contributed by atoms with E-state index < -0.39 is 0 Å². The van der Waals surface area contributed by atoms with Gasteiger partial charge in [-0.05, 0) is 30.1 Å². The second-order valence-electron chi connectivity index (χ2n) is 3.09. The Morgan fingerprint density at radius 2 is 2.15 bits per heavy atom. The van der Waals surface area contributed by atoms with Crippen LogP contribution >= 0.6 is 0 Å². The summed E-state index contributed by atoms with van der Waals surface area (Å²) in [5.41, 5.74) is 1.29. The summed E-state index contributed by atoms with van der Waals surface area (Å²) in [5, 5.41) is 5.58. The van der Waals surface area contributed by atoms with Gasteiger partial charge in [-0.25, -0.2) is 0 Å². The second kappa shape index (κ2) is 3.54. The third-order valence-corrected chi connectivity index (χ3v) is 2.09. The monoisotopic (exact) mass is 172 g/mol. The SMILES string of the molecule is CNCc1ccc2ccncc2c1. The number of nitrogens with zero attached hydrogens (tertiary/aromatic N) is 1. The minimum atomic E-state index is 0.908. The van der Waals surface area contributed by atoms with Crippen LogP contribution in [0, 0.1) is 0 Å². The molecule has 66 valence electrons. The topological polar surface area (TPSA) is 24.9 Å². The van der Waals surface area contributed by atoms with Gasteiger partial charge in [0.2, 0.25) is 0 Å². The van der Waals surface area contributed by atoms with Gasteiger partial charge in [0.15, 0.2) is 0 Å². The second-order valence-corrected chi connectivity index (χ2v) is 3.09. The molecule has 0 aliphatic heterocycles. The summed E-state index contributed by atoms with van der Waals surface area (Å²) >= 11 is 0. The van der Waals surface area contributed by atoms with Crippen LogP contribution in [0.2, 0.25) is 0 Å². The normalized spacial score (nSPS) is 10.5. The van der Waals surface area contributed by atoms with Crippen molar-refractivity contribution in [2.75, 3.05) is 7.05 Å². The van der Waals surface area contributed by atoms with Crippen LogP contribution in [0.4, 0.5) is 0 Å². The van der Waals surface area contributed by atoms with Gasteiger partial charge in [-0.1, -0.05) is 12.1 Å². The van der Waals surface area contributed by atoms with E-state index in [9.17, 15) is 0 Å². The van der Waals surface area contributed by atoms with Crippen LogP contribution in [0.15, 0.2) is 36.7 Å². The highest BCUT2D eigenvalue weighted by Crippen LogP contribution is 2.13. The van der Waals surface area contributed by atoms with E-state index in [2.05, 4.69) is 28.5 Å². The third kappa shape index (κ3) is 1.68. The molecule has 13 heavy (non-hydrogen) atoms. The van der Waals surface area contributed by atoms with Gasteiger partial charge >= 0.3 is 0 Å². The standard InChI is InChI=1S/C11H12N2/c1-12-7-9-2-3-10-4-5-13-8-11(10)6-9/h2-6,8,12H,7H2,1H3. The van der Waals surface area contributed by atoms with Crippen molar-refractivity contribution in [2.45, 2.75) is 6.54 Å². The molecule has 0 amide bonds. The fraction of sp³-hybridized carbons (Fsp3) is 0.182. The molecule has 1 heterocycles. The van der Waals surface area contributed by atoms with Crippen LogP contribution in [0.25, 0.3) is 10.8 Å². The summed E-state index contributed by atoms with van der Waals surface area (Å²) < 4.78 is 0. The van der Waals surface area contributed by atoms with Gasteiger partial charge in [0.25, 0.3) is 0 Å². The molecule has 2 rings (SSSR count). The lowest BCUT2D eigenvalue weighted by Gasteiger charge is -2.01. The summed E-state index contributed by atoms with van der Waals surface area (Å²) in [6.45, 7) is 0.908. The van der Waals surface area contributed by atoms with E-state index in [0.29, 0.717) is 0 Å². The molecule has 2 heteroatoms. The Balaban J connectivity index is 2.49. The van der Waals surface area contributed by atoms with Crippen molar-refractivity contribution in [2.24, 2.45) is 0 Å². The van der Waals surface area contributed by atoms with Crippen LogP contribution < -0.4 is 5.32 Å². The highest BCUT2D eigenvalue weighted by Gasteiger charge is 1.94. The fourth-order valence-electron chi connectivity index (χ4n) is 1.45. The van der Waals surface area contributed by atoms with Gasteiger partial charge in [0.05, 0.1) is 0 Å². The van der Waals surface area contributed by atoms with Crippen LogP contribution in [-0.4, -0.2) is 12.0 Å². The first-order chi connectivity index (χ1) is 6.40. The molecule has 0 saturated heterocycles. The molecule has 0 aliphatic rings. The number of hydrogen-bond acceptors (Lipinski definition) is 2. The van der Waals surface area contributed by atoms with Crippen molar-refractivity contribution in [3.05, 3.63) is 42.2 Å². The van der Waals surface area contributed by atoms with E-state index in [4.69, 9.17) is 0 Å². The van der Waals surface area contributed by atoms with Crippen LogP contribution in [0.3, 0.4) is 0 Å². The molecule has 1 aromatic carbocycles. The predicted molar refractivity (Wildman–Crippen MR) is 54.5 cm³/mol. The molecular weight excluding hydrogens is 160 g/mol. The lowest BCUT2D eigenvalue weighted by atomic mass is 10.1. The quantitative estimate of drug-likeness (QED) is 0.749. The van der Waals surface area contributed by atoms with Crippen LogP contribution in [0.1, 0.15) is 5.56 Å². The molecule has 2 aromatic rings. The lowest BCUT2D eigenvalue weighted by Crippen LogP contribution is -2.04. The summed E-state index contributed by atoms with van der Waals surface area (Å²) in [7, 11) is 1.95. The molecular formula is C11H12N2. The molecule has 0 saturated carbocycles. The van der Waals surface area contributed by atoms with E-state index in [1.807, 2.05) is 25.5 Å². The van der Waals surface area contributed by atoms with Gasteiger partial charge in [0, 0.05) is 24.3 Å². The average molecular weight is 172 g/mol. The van der Waals surface area contributed by atoms with Crippen molar-refractivity contribution >= 4 is 10.8 Å². The van der Waals surface area contributed by atoms with Crippen LogP contribution in [-0.2, 0) is 6.54 Å². The Bertz CT molecular complexity index is 410. The summed E-state index contributed by atoms with van der Waals surface area (Å²) in [5.74, 6) is 0. The fourth-order valence-corrected chi connectivity index (χ4v) is 1.45. The van der Waals surface area contributed by atoms with Crippen molar-refractivity contribution in [1.29, 1.82) is 0 Å². The number of nitrogens with one attached hydrogen (secondary N) is 1. The van der Waals surface area contributed by atoms with E-state index in [0.717, 1.165) is 6.54 Å². The number of fused-ring (bicyclic) bond motifs is 1. The van der Waals surface area contributed by atoms with Gasteiger partial charge < -0.3 is 5.32 Å². The van der Waals surface area contributed by atoms with Crippen molar-refractivity contribution < 1.29 is 0 Å². The number of pyridine rings is 1.